The molecular formula is C17H17ClN2O2. The van der Waals surface area contributed by atoms with Crippen LogP contribution < -0.4 is 10.2 Å². The molecule has 0 spiro atoms. The van der Waals surface area contributed by atoms with E-state index in [0.717, 1.165) is 11.3 Å². The van der Waals surface area contributed by atoms with Gasteiger partial charge < -0.3 is 4.74 Å². The van der Waals surface area contributed by atoms with Crippen LogP contribution in [0.4, 0.5) is 0 Å². The van der Waals surface area contributed by atoms with Crippen molar-refractivity contribution < 1.29 is 9.53 Å². The highest BCUT2D eigenvalue weighted by Crippen LogP contribution is 2.17. The lowest BCUT2D eigenvalue weighted by atomic mass is 10.2. The molecule has 1 amide bonds. The van der Waals surface area contributed by atoms with Crippen molar-refractivity contribution in [3.05, 3.63) is 64.7 Å². The third-order valence-electron chi connectivity index (χ3n) is 2.76. The number of amides is 1. The van der Waals surface area contributed by atoms with Gasteiger partial charge in [-0.25, -0.2) is 5.43 Å². The summed E-state index contributed by atoms with van der Waals surface area (Å²) < 4.78 is 5.68. The fraction of sp³-hybridized carbons (Fsp3) is 0.176. The smallest absolute Gasteiger partial charge is 0.271 e. The number of nitrogens with zero attached hydrogens (tertiary/aromatic N) is 1. The normalized spacial score (nSPS) is 10.9. The van der Waals surface area contributed by atoms with Crippen molar-refractivity contribution in [2.24, 2.45) is 5.10 Å². The zero-order valence-electron chi connectivity index (χ0n) is 12.4. The van der Waals surface area contributed by atoms with Crippen molar-refractivity contribution >= 4 is 23.7 Å². The Morgan fingerprint density at radius 2 is 1.86 bits per heavy atom. The van der Waals surface area contributed by atoms with Gasteiger partial charge in [0.25, 0.3) is 5.91 Å². The summed E-state index contributed by atoms with van der Waals surface area (Å²) in [5, 5.41) is 4.55. The molecule has 0 aliphatic heterocycles. The van der Waals surface area contributed by atoms with Crippen molar-refractivity contribution in [2.45, 2.75) is 20.0 Å². The van der Waals surface area contributed by atoms with E-state index in [4.69, 9.17) is 16.3 Å². The maximum absolute atomic E-state index is 11.9. The van der Waals surface area contributed by atoms with E-state index in [1.165, 1.54) is 0 Å². The number of carbonyl (C=O) groups is 1. The molecule has 0 atom stereocenters. The lowest BCUT2D eigenvalue weighted by molar-refractivity contribution is 0.0955. The largest absolute Gasteiger partial charge is 0.490 e. The Hall–Kier alpha value is -2.33. The molecule has 22 heavy (non-hydrogen) atoms. The number of rotatable bonds is 5. The van der Waals surface area contributed by atoms with E-state index < -0.39 is 0 Å². The second kappa shape index (κ2) is 7.61. The van der Waals surface area contributed by atoms with Crippen LogP contribution in [0.25, 0.3) is 0 Å². The molecule has 0 aromatic heterocycles. The average Bonchev–Trinajstić information content (AvgIpc) is 2.49. The highest BCUT2D eigenvalue weighted by atomic mass is 35.5. The molecule has 4 nitrogen and oxygen atoms in total. The van der Waals surface area contributed by atoms with Gasteiger partial charge in [-0.1, -0.05) is 23.7 Å². The highest BCUT2D eigenvalue weighted by molar-refractivity contribution is 6.30. The molecule has 0 unspecified atom stereocenters. The third-order valence-corrected chi connectivity index (χ3v) is 3.01. The molecule has 0 radical (unpaired) electrons. The van der Waals surface area contributed by atoms with Gasteiger partial charge in [-0.15, -0.1) is 0 Å². The van der Waals surface area contributed by atoms with E-state index in [1.807, 2.05) is 38.1 Å². The maximum atomic E-state index is 11.9. The zero-order valence-corrected chi connectivity index (χ0v) is 13.2. The molecule has 0 aliphatic carbocycles. The Morgan fingerprint density at radius 3 is 2.55 bits per heavy atom. The van der Waals surface area contributed by atoms with Gasteiger partial charge in [0.15, 0.2) is 0 Å². The Balaban J connectivity index is 2.03. The van der Waals surface area contributed by atoms with Crippen molar-refractivity contribution in [1.82, 2.24) is 5.43 Å². The maximum Gasteiger partial charge on any atom is 0.271 e. The predicted molar refractivity (Wildman–Crippen MR) is 88.7 cm³/mol. The Labute approximate surface area is 134 Å². The van der Waals surface area contributed by atoms with Crippen LogP contribution >= 0.6 is 11.6 Å². The van der Waals surface area contributed by atoms with Gasteiger partial charge >= 0.3 is 0 Å². The van der Waals surface area contributed by atoms with Gasteiger partial charge in [0, 0.05) is 16.1 Å². The molecular weight excluding hydrogens is 300 g/mol. The van der Waals surface area contributed by atoms with Crippen molar-refractivity contribution in [2.75, 3.05) is 0 Å². The Morgan fingerprint density at radius 1 is 1.18 bits per heavy atom. The number of benzene rings is 2. The van der Waals surface area contributed by atoms with Crippen LogP contribution in [0.15, 0.2) is 53.6 Å². The lowest BCUT2D eigenvalue weighted by Gasteiger charge is -2.11. The molecule has 0 saturated carbocycles. The van der Waals surface area contributed by atoms with E-state index in [0.29, 0.717) is 10.6 Å². The van der Waals surface area contributed by atoms with Crippen LogP contribution in [0.5, 0.6) is 5.75 Å². The van der Waals surface area contributed by atoms with Gasteiger partial charge in [0.05, 0.1) is 12.3 Å². The standard InChI is InChI=1S/C17H17ClN2O2/c1-12(2)22-16-6-4-3-5-14(16)11-19-20-17(21)13-7-9-15(18)10-8-13/h3-12H,1-2H3,(H,20,21)/b19-11-. The van der Waals surface area contributed by atoms with E-state index in [1.54, 1.807) is 30.5 Å². The van der Waals surface area contributed by atoms with E-state index in [-0.39, 0.29) is 12.0 Å². The summed E-state index contributed by atoms with van der Waals surface area (Å²) in [6, 6.07) is 14.1. The number of hydrogen-bond donors (Lipinski definition) is 1. The number of carbonyl (C=O) groups excluding carboxylic acids is 1. The van der Waals surface area contributed by atoms with Gasteiger partial charge in [-0.05, 0) is 50.2 Å². The zero-order chi connectivity index (χ0) is 15.9. The van der Waals surface area contributed by atoms with Crippen molar-refractivity contribution in [1.29, 1.82) is 0 Å². The molecule has 2 aromatic rings. The van der Waals surface area contributed by atoms with Crippen LogP contribution in [0.2, 0.25) is 5.02 Å². The van der Waals surface area contributed by atoms with E-state index in [2.05, 4.69) is 10.5 Å². The molecule has 1 N–H and O–H groups in total. The predicted octanol–water partition coefficient (Wildman–Crippen LogP) is 3.89. The summed E-state index contributed by atoms with van der Waals surface area (Å²) in [4.78, 5) is 11.9. The van der Waals surface area contributed by atoms with Crippen LogP contribution in [-0.4, -0.2) is 18.2 Å². The summed E-state index contributed by atoms with van der Waals surface area (Å²) in [5.41, 5.74) is 3.77. The second-order valence-electron chi connectivity index (χ2n) is 4.91. The summed E-state index contributed by atoms with van der Waals surface area (Å²) >= 11 is 5.78. The summed E-state index contributed by atoms with van der Waals surface area (Å²) in [5.74, 6) is 0.428. The minimum Gasteiger partial charge on any atom is -0.490 e. The minimum atomic E-state index is -0.296. The average molecular weight is 317 g/mol. The van der Waals surface area contributed by atoms with Gasteiger partial charge in [-0.2, -0.15) is 5.10 Å². The van der Waals surface area contributed by atoms with Gasteiger partial charge in [0.1, 0.15) is 5.75 Å². The minimum absolute atomic E-state index is 0.0678. The summed E-state index contributed by atoms with van der Waals surface area (Å²) in [6.07, 6.45) is 1.63. The first kappa shape index (κ1) is 16.0. The molecule has 0 heterocycles. The van der Waals surface area contributed by atoms with Crippen LogP contribution in [0.3, 0.4) is 0 Å². The van der Waals surface area contributed by atoms with Gasteiger partial charge in [-0.3, -0.25) is 4.79 Å². The SMILES string of the molecule is CC(C)Oc1ccccc1/C=N\NC(=O)c1ccc(Cl)cc1. The van der Waals surface area contributed by atoms with E-state index in [9.17, 15) is 4.79 Å². The molecule has 0 bridgehead atoms. The summed E-state index contributed by atoms with van der Waals surface area (Å²) in [7, 11) is 0. The first-order valence-corrected chi connectivity index (χ1v) is 7.28. The van der Waals surface area contributed by atoms with E-state index >= 15 is 0 Å². The molecule has 5 heteroatoms. The quantitative estimate of drug-likeness (QED) is 0.672. The fourth-order valence-electron chi connectivity index (χ4n) is 1.77. The Bertz CT molecular complexity index is 667. The van der Waals surface area contributed by atoms with Crippen molar-refractivity contribution in [3.8, 4) is 5.75 Å². The topological polar surface area (TPSA) is 50.7 Å². The number of nitrogens with one attached hydrogen (secondary N) is 1. The molecule has 2 rings (SSSR count). The lowest BCUT2D eigenvalue weighted by Crippen LogP contribution is -2.17. The molecule has 0 saturated heterocycles. The summed E-state index contributed by atoms with van der Waals surface area (Å²) in [6.45, 7) is 3.91. The first-order chi connectivity index (χ1) is 10.6. The number of ether oxygens (including phenoxy) is 1. The molecule has 0 fully saturated rings. The number of halogens is 1. The first-order valence-electron chi connectivity index (χ1n) is 6.91. The van der Waals surface area contributed by atoms with Crippen LogP contribution in [0.1, 0.15) is 29.8 Å². The highest BCUT2D eigenvalue weighted by Gasteiger charge is 2.05. The second-order valence-corrected chi connectivity index (χ2v) is 5.35. The molecule has 0 aliphatic rings. The number of hydrogen-bond acceptors (Lipinski definition) is 3. The number of hydrazone groups is 1. The van der Waals surface area contributed by atoms with Gasteiger partial charge in [0.2, 0.25) is 0 Å². The monoisotopic (exact) mass is 316 g/mol. The van der Waals surface area contributed by atoms with Crippen molar-refractivity contribution in [3.63, 3.8) is 0 Å². The van der Waals surface area contributed by atoms with Crippen LogP contribution in [0, 0.1) is 0 Å². The number of para-hydroxylation sites is 1. The molecule has 114 valence electrons. The van der Waals surface area contributed by atoms with Crippen LogP contribution in [-0.2, 0) is 0 Å². The fourth-order valence-corrected chi connectivity index (χ4v) is 1.90. The Kier molecular flexibility index (Phi) is 5.55. The molecule has 2 aromatic carbocycles. The third kappa shape index (κ3) is 4.60.